The number of amides is 2. The van der Waals surface area contributed by atoms with Crippen LogP contribution in [0.25, 0.3) is 10.9 Å². The van der Waals surface area contributed by atoms with Gasteiger partial charge in [0.2, 0.25) is 0 Å². The zero-order chi connectivity index (χ0) is 17.6. The Hall–Kier alpha value is -3.12. The Balaban J connectivity index is 1.60. The summed E-state index contributed by atoms with van der Waals surface area (Å²) in [5, 5.41) is 15.5. The predicted octanol–water partition coefficient (Wildman–Crippen LogP) is 1.83. The Morgan fingerprint density at radius 1 is 1.04 bits per heavy atom. The molecule has 0 radical (unpaired) electrons. The second-order valence-electron chi connectivity index (χ2n) is 5.78. The van der Waals surface area contributed by atoms with Crippen molar-refractivity contribution in [1.29, 1.82) is 0 Å². The van der Waals surface area contributed by atoms with Crippen LogP contribution in [0.3, 0.4) is 0 Å². The van der Waals surface area contributed by atoms with Gasteiger partial charge in [0.05, 0.1) is 12.6 Å². The van der Waals surface area contributed by atoms with Gasteiger partial charge in [0.1, 0.15) is 0 Å². The summed E-state index contributed by atoms with van der Waals surface area (Å²) >= 11 is 0. The van der Waals surface area contributed by atoms with E-state index in [2.05, 4.69) is 15.6 Å². The Kier molecular flexibility index (Phi) is 5.11. The first-order valence-electron chi connectivity index (χ1n) is 7.99. The number of carbonyl (C=O) groups excluding carboxylic acids is 2. The summed E-state index contributed by atoms with van der Waals surface area (Å²) in [4.78, 5) is 27.2. The Labute approximate surface area is 144 Å². The van der Waals surface area contributed by atoms with Gasteiger partial charge in [-0.2, -0.15) is 0 Å². The summed E-state index contributed by atoms with van der Waals surface area (Å²) in [6.07, 6.45) is 2.25. The molecule has 6 heteroatoms. The zero-order valence-corrected chi connectivity index (χ0v) is 13.5. The van der Waals surface area contributed by atoms with Crippen LogP contribution in [0.2, 0.25) is 0 Å². The number of H-pyrrole nitrogens is 1. The molecule has 0 spiro atoms. The van der Waals surface area contributed by atoms with E-state index in [0.29, 0.717) is 12.1 Å². The molecule has 3 aromatic rings. The number of aliphatic hydroxyl groups excluding tert-OH is 1. The first-order valence-corrected chi connectivity index (χ1v) is 7.99. The van der Waals surface area contributed by atoms with Crippen LogP contribution >= 0.6 is 0 Å². The molecule has 0 aliphatic heterocycles. The van der Waals surface area contributed by atoms with Gasteiger partial charge in [-0.1, -0.05) is 30.3 Å². The lowest BCUT2D eigenvalue weighted by atomic mass is 10.1. The third-order valence-corrected chi connectivity index (χ3v) is 3.90. The highest BCUT2D eigenvalue weighted by Crippen LogP contribution is 2.17. The van der Waals surface area contributed by atoms with Crippen LogP contribution in [0.5, 0.6) is 0 Å². The maximum absolute atomic E-state index is 12.1. The van der Waals surface area contributed by atoms with Gasteiger partial charge < -0.3 is 20.7 Å². The highest BCUT2D eigenvalue weighted by Gasteiger charge is 2.18. The largest absolute Gasteiger partial charge is 0.394 e. The van der Waals surface area contributed by atoms with Crippen LogP contribution in [0.1, 0.15) is 5.56 Å². The maximum Gasteiger partial charge on any atom is 0.313 e. The molecule has 0 aliphatic carbocycles. The molecule has 0 unspecified atom stereocenters. The number of anilines is 1. The minimum absolute atomic E-state index is 0.247. The molecule has 0 fully saturated rings. The lowest BCUT2D eigenvalue weighted by Crippen LogP contribution is -2.44. The molecule has 3 rings (SSSR count). The molecular weight excluding hydrogens is 318 g/mol. The highest BCUT2D eigenvalue weighted by atomic mass is 16.3. The molecule has 128 valence electrons. The van der Waals surface area contributed by atoms with Crippen molar-refractivity contribution in [3.8, 4) is 0 Å². The summed E-state index contributed by atoms with van der Waals surface area (Å²) in [6.45, 7) is -0.247. The van der Waals surface area contributed by atoms with Crippen molar-refractivity contribution in [1.82, 2.24) is 10.3 Å². The van der Waals surface area contributed by atoms with Gasteiger partial charge in [0.15, 0.2) is 0 Å². The van der Waals surface area contributed by atoms with E-state index in [-0.39, 0.29) is 6.61 Å². The van der Waals surface area contributed by atoms with Gasteiger partial charge in [-0.3, -0.25) is 9.59 Å². The van der Waals surface area contributed by atoms with E-state index in [1.165, 1.54) is 0 Å². The van der Waals surface area contributed by atoms with Gasteiger partial charge in [0, 0.05) is 22.8 Å². The number of fused-ring (bicyclic) bond motifs is 1. The molecule has 0 aliphatic rings. The van der Waals surface area contributed by atoms with E-state index in [1.807, 2.05) is 42.5 Å². The monoisotopic (exact) mass is 337 g/mol. The molecule has 2 amide bonds. The quantitative estimate of drug-likeness (QED) is 0.535. The van der Waals surface area contributed by atoms with Crippen molar-refractivity contribution in [3.05, 3.63) is 66.4 Å². The number of hydrogen-bond acceptors (Lipinski definition) is 3. The number of aromatic nitrogens is 1. The number of hydrogen-bond donors (Lipinski definition) is 4. The van der Waals surface area contributed by atoms with Gasteiger partial charge in [-0.05, 0) is 36.2 Å². The maximum atomic E-state index is 12.1. The van der Waals surface area contributed by atoms with E-state index in [9.17, 15) is 14.7 Å². The van der Waals surface area contributed by atoms with Crippen molar-refractivity contribution < 1.29 is 14.7 Å². The molecule has 0 bridgehead atoms. The lowest BCUT2D eigenvalue weighted by molar-refractivity contribution is -0.136. The summed E-state index contributed by atoms with van der Waals surface area (Å²) in [5.41, 5.74) is 2.46. The van der Waals surface area contributed by atoms with Crippen LogP contribution < -0.4 is 10.6 Å². The first kappa shape index (κ1) is 16.7. The molecule has 25 heavy (non-hydrogen) atoms. The second kappa shape index (κ2) is 7.63. The summed E-state index contributed by atoms with van der Waals surface area (Å²) < 4.78 is 0. The third-order valence-electron chi connectivity index (χ3n) is 3.90. The molecule has 4 N–H and O–H groups in total. The molecule has 6 nitrogen and oxygen atoms in total. The smallest absolute Gasteiger partial charge is 0.313 e. The summed E-state index contributed by atoms with van der Waals surface area (Å²) in [5.74, 6) is -1.54. The van der Waals surface area contributed by atoms with E-state index in [1.54, 1.807) is 18.3 Å². The average Bonchev–Trinajstić information content (AvgIpc) is 3.09. The minimum atomic E-state index is -0.774. The molecule has 2 aromatic carbocycles. The molecule has 1 aromatic heterocycles. The number of nitrogens with one attached hydrogen (secondary N) is 3. The number of rotatable bonds is 5. The molecule has 0 saturated heterocycles. The Morgan fingerprint density at radius 2 is 1.84 bits per heavy atom. The van der Waals surface area contributed by atoms with Gasteiger partial charge in [-0.25, -0.2) is 0 Å². The standard InChI is InChI=1S/C19H19N3O3/c23-12-16(10-13-4-2-1-3-5-13)22-19(25)18(24)21-15-6-7-17-14(11-15)8-9-20-17/h1-9,11,16,20,23H,10,12H2,(H,21,24)(H,22,25)/t16-/m1/s1. The third kappa shape index (κ3) is 4.24. The zero-order valence-electron chi connectivity index (χ0n) is 13.5. The van der Waals surface area contributed by atoms with E-state index >= 15 is 0 Å². The predicted molar refractivity (Wildman–Crippen MR) is 96.1 cm³/mol. The van der Waals surface area contributed by atoms with Crippen LogP contribution in [0, 0.1) is 0 Å². The number of carbonyl (C=O) groups is 2. The normalized spacial score (nSPS) is 11.9. The van der Waals surface area contributed by atoms with Gasteiger partial charge >= 0.3 is 11.8 Å². The van der Waals surface area contributed by atoms with Crippen LogP contribution in [0.15, 0.2) is 60.8 Å². The summed E-state index contributed by atoms with van der Waals surface area (Å²) in [6, 6.07) is 16.2. The number of aromatic amines is 1. The Morgan fingerprint density at radius 3 is 2.60 bits per heavy atom. The topological polar surface area (TPSA) is 94.2 Å². The highest BCUT2D eigenvalue weighted by molar-refractivity contribution is 6.39. The molecular formula is C19H19N3O3. The van der Waals surface area contributed by atoms with Crippen molar-refractivity contribution in [2.45, 2.75) is 12.5 Å². The van der Waals surface area contributed by atoms with Gasteiger partial charge in [0.25, 0.3) is 0 Å². The van der Waals surface area contributed by atoms with E-state index in [0.717, 1.165) is 16.5 Å². The van der Waals surface area contributed by atoms with Gasteiger partial charge in [-0.15, -0.1) is 0 Å². The van der Waals surface area contributed by atoms with Crippen molar-refractivity contribution in [3.63, 3.8) is 0 Å². The fourth-order valence-corrected chi connectivity index (χ4v) is 2.63. The van der Waals surface area contributed by atoms with E-state index in [4.69, 9.17) is 0 Å². The van der Waals surface area contributed by atoms with Crippen molar-refractivity contribution >= 4 is 28.4 Å². The first-order chi connectivity index (χ1) is 12.2. The lowest BCUT2D eigenvalue weighted by Gasteiger charge is -2.16. The van der Waals surface area contributed by atoms with Crippen LogP contribution in [-0.2, 0) is 16.0 Å². The molecule has 0 saturated carbocycles. The SMILES string of the molecule is O=C(Nc1ccc2[nH]ccc2c1)C(=O)N[C@@H](CO)Cc1ccccc1. The average molecular weight is 337 g/mol. The second-order valence-corrected chi connectivity index (χ2v) is 5.78. The number of benzene rings is 2. The van der Waals surface area contributed by atoms with Crippen molar-refractivity contribution in [2.24, 2.45) is 0 Å². The Bertz CT molecular complexity index is 874. The summed E-state index contributed by atoms with van der Waals surface area (Å²) in [7, 11) is 0. The number of aliphatic hydroxyl groups is 1. The minimum Gasteiger partial charge on any atom is -0.394 e. The molecule has 1 atom stereocenters. The van der Waals surface area contributed by atoms with Crippen LogP contribution in [0.4, 0.5) is 5.69 Å². The van der Waals surface area contributed by atoms with Crippen molar-refractivity contribution in [2.75, 3.05) is 11.9 Å². The molecule has 1 heterocycles. The van der Waals surface area contributed by atoms with E-state index < -0.39 is 17.9 Å². The fraction of sp³-hybridized carbons (Fsp3) is 0.158. The fourth-order valence-electron chi connectivity index (χ4n) is 2.63. The van der Waals surface area contributed by atoms with Crippen LogP contribution in [-0.4, -0.2) is 34.6 Å².